The maximum absolute atomic E-state index is 4.31. The fourth-order valence-corrected chi connectivity index (χ4v) is 2.63. The van der Waals surface area contributed by atoms with Crippen molar-refractivity contribution in [3.63, 3.8) is 0 Å². The van der Waals surface area contributed by atoms with Gasteiger partial charge in [-0.25, -0.2) is 0 Å². The van der Waals surface area contributed by atoms with Crippen molar-refractivity contribution in [1.82, 2.24) is 15.1 Å². The smallest absolute Gasteiger partial charge is 0.0610 e. The Hall–Kier alpha value is -1.61. The molecule has 1 unspecified atom stereocenters. The molecule has 3 heteroatoms. The molecular weight excluding hydrogens is 246 g/mol. The van der Waals surface area contributed by atoms with Crippen LogP contribution >= 0.6 is 0 Å². The lowest BCUT2D eigenvalue weighted by Gasteiger charge is -2.27. The summed E-state index contributed by atoms with van der Waals surface area (Å²) in [7, 11) is 1.96. The third kappa shape index (κ3) is 3.10. The van der Waals surface area contributed by atoms with Gasteiger partial charge in [-0.15, -0.1) is 0 Å². The van der Waals surface area contributed by atoms with E-state index in [0.29, 0.717) is 0 Å². The van der Waals surface area contributed by atoms with Gasteiger partial charge in [0.25, 0.3) is 0 Å². The topological polar surface area (TPSA) is 29.9 Å². The van der Waals surface area contributed by atoms with E-state index in [2.05, 4.69) is 68.6 Å². The molecule has 0 aliphatic heterocycles. The molecule has 0 saturated heterocycles. The highest BCUT2D eigenvalue weighted by atomic mass is 15.2. The summed E-state index contributed by atoms with van der Waals surface area (Å²) in [5.74, 6) is 0. The second-order valence-electron chi connectivity index (χ2n) is 6.28. The van der Waals surface area contributed by atoms with Crippen LogP contribution in [-0.4, -0.2) is 16.3 Å². The van der Waals surface area contributed by atoms with Crippen LogP contribution in [0, 0.1) is 0 Å². The van der Waals surface area contributed by atoms with Crippen molar-refractivity contribution in [1.29, 1.82) is 0 Å². The van der Waals surface area contributed by atoms with E-state index in [1.54, 1.807) is 0 Å². The highest BCUT2D eigenvalue weighted by molar-refractivity contribution is 5.39. The van der Waals surface area contributed by atoms with Crippen LogP contribution in [-0.2, 0) is 12.5 Å². The fourth-order valence-electron chi connectivity index (χ4n) is 2.63. The normalized spacial score (nSPS) is 13.4. The average molecular weight is 271 g/mol. The maximum atomic E-state index is 4.31. The number of nitrogens with zero attached hydrogens (tertiary/aromatic N) is 2. The zero-order chi connectivity index (χ0) is 14.8. The predicted molar refractivity (Wildman–Crippen MR) is 83.9 cm³/mol. The summed E-state index contributed by atoms with van der Waals surface area (Å²) >= 11 is 0. The molecule has 1 heterocycles. The van der Waals surface area contributed by atoms with Crippen LogP contribution in [0.25, 0.3) is 0 Å². The average Bonchev–Trinajstić information content (AvgIpc) is 2.81. The van der Waals surface area contributed by atoms with Gasteiger partial charge in [0.05, 0.1) is 12.2 Å². The molecular formula is C17H25N3. The fraction of sp³-hybridized carbons (Fsp3) is 0.471. The number of hydrogen-bond donors (Lipinski definition) is 1. The van der Waals surface area contributed by atoms with Gasteiger partial charge in [-0.2, -0.15) is 5.10 Å². The molecule has 2 aromatic rings. The first-order chi connectivity index (χ1) is 9.43. The molecule has 0 radical (unpaired) electrons. The highest BCUT2D eigenvalue weighted by Gasteiger charge is 2.23. The first kappa shape index (κ1) is 14.8. The SMILES string of the molecule is CCNC(c1cnn(C)c1)c1ccccc1C(C)(C)C. The van der Waals surface area contributed by atoms with E-state index in [-0.39, 0.29) is 11.5 Å². The Morgan fingerprint density at radius 2 is 1.95 bits per heavy atom. The van der Waals surface area contributed by atoms with Crippen LogP contribution in [0.4, 0.5) is 0 Å². The van der Waals surface area contributed by atoms with E-state index in [1.807, 2.05) is 17.9 Å². The minimum atomic E-state index is 0.131. The van der Waals surface area contributed by atoms with Gasteiger partial charge >= 0.3 is 0 Å². The minimum absolute atomic E-state index is 0.131. The number of benzene rings is 1. The van der Waals surface area contributed by atoms with Gasteiger partial charge in [-0.1, -0.05) is 52.0 Å². The highest BCUT2D eigenvalue weighted by Crippen LogP contribution is 2.32. The molecule has 0 aliphatic rings. The number of rotatable bonds is 4. The second kappa shape index (κ2) is 5.80. The van der Waals surface area contributed by atoms with Crippen LogP contribution in [0.5, 0.6) is 0 Å². The van der Waals surface area contributed by atoms with Crippen LogP contribution in [0.15, 0.2) is 36.7 Å². The Morgan fingerprint density at radius 1 is 1.25 bits per heavy atom. The molecule has 1 aromatic heterocycles. The first-order valence-corrected chi connectivity index (χ1v) is 7.24. The Labute approximate surface area is 122 Å². The lowest BCUT2D eigenvalue weighted by molar-refractivity contribution is 0.557. The van der Waals surface area contributed by atoms with Gasteiger partial charge in [0.2, 0.25) is 0 Å². The maximum Gasteiger partial charge on any atom is 0.0610 e. The largest absolute Gasteiger partial charge is 0.306 e. The Bertz CT molecular complexity index is 564. The van der Waals surface area contributed by atoms with Gasteiger partial charge in [0.15, 0.2) is 0 Å². The molecule has 2 rings (SSSR count). The second-order valence-corrected chi connectivity index (χ2v) is 6.28. The Morgan fingerprint density at radius 3 is 2.50 bits per heavy atom. The lowest BCUT2D eigenvalue weighted by atomic mass is 9.81. The van der Waals surface area contributed by atoms with Crippen molar-refractivity contribution in [2.75, 3.05) is 6.54 Å². The lowest BCUT2D eigenvalue weighted by Crippen LogP contribution is -2.25. The van der Waals surface area contributed by atoms with E-state index in [0.717, 1.165) is 6.54 Å². The summed E-state index contributed by atoms with van der Waals surface area (Å²) in [5.41, 5.74) is 4.07. The molecule has 1 N–H and O–H groups in total. The number of aromatic nitrogens is 2. The first-order valence-electron chi connectivity index (χ1n) is 7.24. The summed E-state index contributed by atoms with van der Waals surface area (Å²) < 4.78 is 1.86. The van der Waals surface area contributed by atoms with Gasteiger partial charge in [0, 0.05) is 18.8 Å². The molecule has 1 atom stereocenters. The molecule has 0 aliphatic carbocycles. The summed E-state index contributed by atoms with van der Waals surface area (Å²) in [6.45, 7) is 9.86. The van der Waals surface area contributed by atoms with Crippen molar-refractivity contribution in [2.45, 2.75) is 39.2 Å². The van der Waals surface area contributed by atoms with Gasteiger partial charge in [-0.05, 0) is 23.1 Å². The zero-order valence-corrected chi connectivity index (χ0v) is 13.1. The zero-order valence-electron chi connectivity index (χ0n) is 13.1. The van der Waals surface area contributed by atoms with E-state index in [1.165, 1.54) is 16.7 Å². The molecule has 20 heavy (non-hydrogen) atoms. The van der Waals surface area contributed by atoms with E-state index >= 15 is 0 Å². The van der Waals surface area contributed by atoms with Gasteiger partial charge in [-0.3, -0.25) is 4.68 Å². The molecule has 3 nitrogen and oxygen atoms in total. The monoisotopic (exact) mass is 271 g/mol. The predicted octanol–water partition coefficient (Wildman–Crippen LogP) is 3.42. The quantitative estimate of drug-likeness (QED) is 0.923. The van der Waals surface area contributed by atoms with Gasteiger partial charge in [0.1, 0.15) is 0 Å². The third-order valence-corrected chi connectivity index (χ3v) is 3.55. The summed E-state index contributed by atoms with van der Waals surface area (Å²) in [6, 6.07) is 8.89. The van der Waals surface area contributed by atoms with E-state index in [4.69, 9.17) is 0 Å². The summed E-state index contributed by atoms with van der Waals surface area (Å²) in [4.78, 5) is 0. The molecule has 0 spiro atoms. The van der Waals surface area contributed by atoms with E-state index < -0.39 is 0 Å². The minimum Gasteiger partial charge on any atom is -0.306 e. The van der Waals surface area contributed by atoms with Crippen LogP contribution in [0.1, 0.15) is 50.4 Å². The standard InChI is InChI=1S/C17H25N3/c1-6-18-16(13-11-19-20(5)12-13)14-9-7-8-10-15(14)17(2,3)4/h7-12,16,18H,6H2,1-5H3. The molecule has 0 fully saturated rings. The van der Waals surface area contributed by atoms with Crippen molar-refractivity contribution < 1.29 is 0 Å². The molecule has 108 valence electrons. The van der Waals surface area contributed by atoms with Crippen molar-refractivity contribution in [2.24, 2.45) is 7.05 Å². The number of aryl methyl sites for hydroxylation is 1. The van der Waals surface area contributed by atoms with Gasteiger partial charge < -0.3 is 5.32 Å². The van der Waals surface area contributed by atoms with Crippen LogP contribution < -0.4 is 5.32 Å². The summed E-state index contributed by atoms with van der Waals surface area (Å²) in [6.07, 6.45) is 4.04. The van der Waals surface area contributed by atoms with Crippen molar-refractivity contribution in [3.05, 3.63) is 53.3 Å². The number of hydrogen-bond acceptors (Lipinski definition) is 2. The van der Waals surface area contributed by atoms with Crippen LogP contribution in [0.2, 0.25) is 0 Å². The molecule has 1 aromatic carbocycles. The molecule has 0 saturated carbocycles. The Kier molecular flexibility index (Phi) is 4.29. The summed E-state index contributed by atoms with van der Waals surface area (Å²) in [5, 5.41) is 7.90. The third-order valence-electron chi connectivity index (χ3n) is 3.55. The Balaban J connectivity index is 2.50. The molecule has 0 bridgehead atoms. The van der Waals surface area contributed by atoms with Crippen molar-refractivity contribution in [3.8, 4) is 0 Å². The van der Waals surface area contributed by atoms with Crippen LogP contribution in [0.3, 0.4) is 0 Å². The molecule has 0 amide bonds. The van der Waals surface area contributed by atoms with Crippen molar-refractivity contribution >= 4 is 0 Å². The number of nitrogens with one attached hydrogen (secondary N) is 1. The van der Waals surface area contributed by atoms with E-state index in [9.17, 15) is 0 Å².